The van der Waals surface area contributed by atoms with Gasteiger partial charge in [-0.15, -0.1) is 0 Å². The first-order valence-corrected chi connectivity index (χ1v) is 10.6. The van der Waals surface area contributed by atoms with Crippen molar-refractivity contribution in [3.05, 3.63) is 120 Å². The summed E-state index contributed by atoms with van der Waals surface area (Å²) < 4.78 is 27.8. The standard InChI is InChI=1S/C27H24F2N2O/c28-24-10-3-8-21(16-24)27(22-9-4-11-25(29)17-22)18-23(27)12-13-26(32)31-15-2-1-6-20-7-5-14-30-19-20/h1,3-14,16-17,19,23H,2,15,18H2,(H,31,32)/b6-1+,13-12+/t23-/m1/s1. The number of carbonyl (C=O) groups is 1. The Morgan fingerprint density at radius 1 is 1.06 bits per heavy atom. The Bertz CT molecular complexity index is 1100. The van der Waals surface area contributed by atoms with E-state index in [-0.39, 0.29) is 23.5 Å². The molecule has 1 N–H and O–H groups in total. The van der Waals surface area contributed by atoms with Crippen molar-refractivity contribution in [1.82, 2.24) is 10.3 Å². The summed E-state index contributed by atoms with van der Waals surface area (Å²) in [5.41, 5.74) is 2.07. The molecule has 0 aliphatic heterocycles. The summed E-state index contributed by atoms with van der Waals surface area (Å²) in [5.74, 6) is -0.851. The topological polar surface area (TPSA) is 42.0 Å². The van der Waals surface area contributed by atoms with Gasteiger partial charge in [-0.1, -0.05) is 48.6 Å². The van der Waals surface area contributed by atoms with E-state index in [0.29, 0.717) is 19.4 Å². The van der Waals surface area contributed by atoms with Crippen molar-refractivity contribution in [3.63, 3.8) is 0 Å². The van der Waals surface area contributed by atoms with Crippen molar-refractivity contribution in [2.24, 2.45) is 5.92 Å². The zero-order valence-electron chi connectivity index (χ0n) is 17.5. The third-order valence-corrected chi connectivity index (χ3v) is 5.78. The molecule has 0 bridgehead atoms. The molecule has 1 fully saturated rings. The Hall–Kier alpha value is -3.60. The third kappa shape index (κ3) is 4.99. The Labute approximate surface area is 186 Å². The second-order valence-corrected chi connectivity index (χ2v) is 7.93. The maximum absolute atomic E-state index is 13.9. The van der Waals surface area contributed by atoms with E-state index in [0.717, 1.165) is 16.7 Å². The second kappa shape index (κ2) is 9.69. The van der Waals surface area contributed by atoms with Gasteiger partial charge in [-0.05, 0) is 71.9 Å². The Morgan fingerprint density at radius 3 is 2.41 bits per heavy atom. The lowest BCUT2D eigenvalue weighted by Crippen LogP contribution is -2.21. The fraction of sp³-hybridized carbons (Fsp3) is 0.185. The van der Waals surface area contributed by atoms with Gasteiger partial charge in [0.2, 0.25) is 5.91 Å². The zero-order valence-corrected chi connectivity index (χ0v) is 17.5. The van der Waals surface area contributed by atoms with Gasteiger partial charge in [0.1, 0.15) is 11.6 Å². The molecule has 1 aliphatic carbocycles. The summed E-state index contributed by atoms with van der Waals surface area (Å²) >= 11 is 0. The largest absolute Gasteiger partial charge is 0.352 e. The van der Waals surface area contributed by atoms with Gasteiger partial charge < -0.3 is 5.32 Å². The van der Waals surface area contributed by atoms with Gasteiger partial charge in [0, 0.05) is 24.4 Å². The molecule has 3 nitrogen and oxygen atoms in total. The van der Waals surface area contributed by atoms with Crippen molar-refractivity contribution in [2.45, 2.75) is 18.3 Å². The van der Waals surface area contributed by atoms with Gasteiger partial charge in [-0.25, -0.2) is 8.78 Å². The molecule has 2 aromatic carbocycles. The molecular weight excluding hydrogens is 406 g/mol. The number of allylic oxidation sites excluding steroid dienone is 1. The predicted octanol–water partition coefficient (Wildman–Crippen LogP) is 5.44. The maximum atomic E-state index is 13.9. The highest BCUT2D eigenvalue weighted by Gasteiger charge is 2.55. The van der Waals surface area contributed by atoms with Gasteiger partial charge in [-0.2, -0.15) is 0 Å². The molecule has 0 spiro atoms. The minimum atomic E-state index is -0.520. The van der Waals surface area contributed by atoms with Crippen molar-refractivity contribution in [3.8, 4) is 0 Å². The van der Waals surface area contributed by atoms with E-state index in [1.807, 2.05) is 42.5 Å². The number of amides is 1. The molecule has 162 valence electrons. The van der Waals surface area contributed by atoms with Crippen LogP contribution in [0.15, 0.2) is 91.3 Å². The summed E-state index contributed by atoms with van der Waals surface area (Å²) in [6, 6.07) is 16.7. The average Bonchev–Trinajstić information content (AvgIpc) is 3.54. The van der Waals surface area contributed by atoms with Crippen LogP contribution in [0.2, 0.25) is 0 Å². The fourth-order valence-electron chi connectivity index (χ4n) is 4.12. The molecule has 0 saturated heterocycles. The molecule has 0 radical (unpaired) electrons. The lowest BCUT2D eigenvalue weighted by atomic mass is 9.85. The minimum Gasteiger partial charge on any atom is -0.352 e. The first kappa shape index (κ1) is 21.6. The van der Waals surface area contributed by atoms with E-state index in [9.17, 15) is 13.6 Å². The lowest BCUT2D eigenvalue weighted by Gasteiger charge is -2.18. The van der Waals surface area contributed by atoms with Crippen LogP contribution in [0.5, 0.6) is 0 Å². The number of nitrogens with one attached hydrogen (secondary N) is 1. The van der Waals surface area contributed by atoms with Crippen LogP contribution < -0.4 is 5.32 Å². The number of rotatable bonds is 8. The summed E-state index contributed by atoms with van der Waals surface area (Å²) in [4.78, 5) is 16.3. The predicted molar refractivity (Wildman–Crippen MR) is 122 cm³/mol. The number of carbonyl (C=O) groups excluding carboxylic acids is 1. The molecule has 1 aliphatic rings. The molecule has 3 aromatic rings. The van der Waals surface area contributed by atoms with E-state index >= 15 is 0 Å². The molecule has 1 saturated carbocycles. The second-order valence-electron chi connectivity index (χ2n) is 7.93. The summed E-state index contributed by atoms with van der Waals surface area (Å²) in [6.45, 7) is 0.517. The zero-order chi connectivity index (χ0) is 22.4. The Kier molecular flexibility index (Phi) is 6.55. The number of aromatic nitrogens is 1. The van der Waals surface area contributed by atoms with Crippen molar-refractivity contribution < 1.29 is 13.6 Å². The van der Waals surface area contributed by atoms with Crippen LogP contribution in [-0.2, 0) is 10.2 Å². The molecule has 0 unspecified atom stereocenters. The van der Waals surface area contributed by atoms with Gasteiger partial charge >= 0.3 is 0 Å². The quantitative estimate of drug-likeness (QED) is 0.382. The molecule has 1 heterocycles. The summed E-state index contributed by atoms with van der Waals surface area (Å²) in [6.07, 6.45) is 12.2. The van der Waals surface area contributed by atoms with E-state index < -0.39 is 5.41 Å². The number of benzene rings is 2. The van der Waals surface area contributed by atoms with Crippen LogP contribution in [0.25, 0.3) is 6.08 Å². The van der Waals surface area contributed by atoms with E-state index in [4.69, 9.17) is 0 Å². The highest BCUT2D eigenvalue weighted by atomic mass is 19.1. The molecular formula is C27H24F2N2O. The van der Waals surface area contributed by atoms with Gasteiger partial charge in [-0.3, -0.25) is 9.78 Å². The minimum absolute atomic E-state index is 0.0117. The summed E-state index contributed by atoms with van der Waals surface area (Å²) in [5, 5.41) is 2.86. The van der Waals surface area contributed by atoms with Crippen molar-refractivity contribution in [2.75, 3.05) is 6.54 Å². The van der Waals surface area contributed by atoms with Crippen LogP contribution in [0.1, 0.15) is 29.5 Å². The van der Waals surface area contributed by atoms with Crippen LogP contribution in [0.3, 0.4) is 0 Å². The van der Waals surface area contributed by atoms with Gasteiger partial charge in [0.15, 0.2) is 0 Å². The van der Waals surface area contributed by atoms with Gasteiger partial charge in [0.05, 0.1) is 0 Å². The summed E-state index contributed by atoms with van der Waals surface area (Å²) in [7, 11) is 0. The lowest BCUT2D eigenvalue weighted by molar-refractivity contribution is -0.116. The van der Waals surface area contributed by atoms with Gasteiger partial charge in [0.25, 0.3) is 0 Å². The van der Waals surface area contributed by atoms with Crippen molar-refractivity contribution in [1.29, 1.82) is 0 Å². The molecule has 1 atom stereocenters. The van der Waals surface area contributed by atoms with Crippen LogP contribution in [-0.4, -0.2) is 17.4 Å². The number of nitrogens with zero attached hydrogens (tertiary/aromatic N) is 1. The van der Waals surface area contributed by atoms with E-state index in [2.05, 4.69) is 10.3 Å². The number of halogens is 2. The SMILES string of the molecule is O=C(/C=C/[C@@H]1CC1(c1cccc(F)c1)c1cccc(F)c1)NCC/C=C/c1cccnc1. The normalized spacial score (nSPS) is 17.0. The average molecular weight is 430 g/mol. The Morgan fingerprint density at radius 2 is 1.78 bits per heavy atom. The van der Waals surface area contributed by atoms with Crippen LogP contribution in [0.4, 0.5) is 8.78 Å². The van der Waals surface area contributed by atoms with E-state index in [1.54, 1.807) is 24.5 Å². The van der Waals surface area contributed by atoms with Crippen LogP contribution in [0, 0.1) is 17.6 Å². The number of hydrogen-bond acceptors (Lipinski definition) is 2. The molecule has 4 rings (SSSR count). The fourth-order valence-corrected chi connectivity index (χ4v) is 4.12. The van der Waals surface area contributed by atoms with Crippen LogP contribution >= 0.6 is 0 Å². The Balaban J connectivity index is 1.38. The first-order chi connectivity index (χ1) is 15.6. The highest BCUT2D eigenvalue weighted by molar-refractivity contribution is 5.87. The monoisotopic (exact) mass is 430 g/mol. The van der Waals surface area contributed by atoms with E-state index in [1.165, 1.54) is 30.3 Å². The number of pyridine rings is 1. The molecule has 1 aromatic heterocycles. The highest BCUT2D eigenvalue weighted by Crippen LogP contribution is 2.59. The smallest absolute Gasteiger partial charge is 0.243 e. The molecule has 1 amide bonds. The molecule has 5 heteroatoms. The first-order valence-electron chi connectivity index (χ1n) is 10.6. The number of hydrogen-bond donors (Lipinski definition) is 1. The third-order valence-electron chi connectivity index (χ3n) is 5.78. The molecule has 32 heavy (non-hydrogen) atoms. The van der Waals surface area contributed by atoms with Crippen molar-refractivity contribution >= 4 is 12.0 Å². The maximum Gasteiger partial charge on any atom is 0.243 e.